The number of aliphatic hydroxyl groups is 1. The average molecular weight is 297 g/mol. The molecule has 0 unspecified atom stereocenters. The maximum Gasteiger partial charge on any atom is 0.0774 e. The van der Waals surface area contributed by atoms with E-state index >= 15 is 0 Å². The van der Waals surface area contributed by atoms with Crippen molar-refractivity contribution >= 4 is 0 Å². The Labute approximate surface area is 131 Å². The summed E-state index contributed by atoms with van der Waals surface area (Å²) in [5, 5.41) is 10.6. The normalized spacial score (nSPS) is 24.9. The van der Waals surface area contributed by atoms with Gasteiger partial charge in [0.25, 0.3) is 0 Å². The molecule has 1 heterocycles. The fraction of sp³-hybridized carbons (Fsp3) is 1.00. The molecule has 2 fully saturated rings. The van der Waals surface area contributed by atoms with E-state index in [9.17, 15) is 5.11 Å². The standard InChI is InChI=1S/C17H35N3O/c1-18-11-7-16(8-12-18)20(3)14-13-19(2)15-17(21)9-5-4-6-10-17/h16,21H,4-15H2,1-3H3. The van der Waals surface area contributed by atoms with E-state index in [0.717, 1.165) is 38.5 Å². The molecule has 1 N–H and O–H groups in total. The molecule has 0 radical (unpaired) electrons. The molecule has 1 aliphatic carbocycles. The highest BCUT2D eigenvalue weighted by molar-refractivity contribution is 4.85. The molecule has 0 aromatic heterocycles. The summed E-state index contributed by atoms with van der Waals surface area (Å²) in [4.78, 5) is 7.28. The smallest absolute Gasteiger partial charge is 0.0774 e. The van der Waals surface area contributed by atoms with Gasteiger partial charge in [-0.25, -0.2) is 0 Å². The van der Waals surface area contributed by atoms with Crippen molar-refractivity contribution < 1.29 is 5.11 Å². The Kier molecular flexibility index (Phi) is 6.48. The molecule has 2 aliphatic rings. The van der Waals surface area contributed by atoms with Crippen LogP contribution in [0.4, 0.5) is 0 Å². The van der Waals surface area contributed by atoms with Crippen molar-refractivity contribution in [3.63, 3.8) is 0 Å². The molecule has 0 bridgehead atoms. The number of hydrogen-bond donors (Lipinski definition) is 1. The van der Waals surface area contributed by atoms with E-state index in [4.69, 9.17) is 0 Å². The predicted octanol–water partition coefficient (Wildman–Crippen LogP) is 1.64. The lowest BCUT2D eigenvalue weighted by Crippen LogP contribution is -2.47. The second-order valence-corrected chi connectivity index (χ2v) is 7.54. The largest absolute Gasteiger partial charge is 0.389 e. The van der Waals surface area contributed by atoms with E-state index in [1.807, 2.05) is 0 Å². The van der Waals surface area contributed by atoms with Crippen LogP contribution in [0.2, 0.25) is 0 Å². The van der Waals surface area contributed by atoms with E-state index in [0.29, 0.717) is 0 Å². The molecule has 0 spiro atoms. The maximum atomic E-state index is 10.6. The van der Waals surface area contributed by atoms with Gasteiger partial charge < -0.3 is 19.8 Å². The summed E-state index contributed by atoms with van der Waals surface area (Å²) in [6, 6.07) is 0.743. The number of likely N-dealkylation sites (N-methyl/N-ethyl adjacent to an activating group) is 2. The Morgan fingerprint density at radius 1 is 1.05 bits per heavy atom. The van der Waals surface area contributed by atoms with E-state index in [1.165, 1.54) is 45.2 Å². The quantitative estimate of drug-likeness (QED) is 0.807. The molecule has 124 valence electrons. The molecule has 0 amide bonds. The van der Waals surface area contributed by atoms with Crippen molar-refractivity contribution in [1.29, 1.82) is 0 Å². The molecule has 2 rings (SSSR count). The number of hydrogen-bond acceptors (Lipinski definition) is 4. The third-order valence-corrected chi connectivity index (χ3v) is 5.49. The topological polar surface area (TPSA) is 30.0 Å². The zero-order valence-corrected chi connectivity index (χ0v) is 14.4. The van der Waals surface area contributed by atoms with Crippen LogP contribution in [0.3, 0.4) is 0 Å². The molecular weight excluding hydrogens is 262 g/mol. The summed E-state index contributed by atoms with van der Waals surface area (Å²) < 4.78 is 0. The van der Waals surface area contributed by atoms with Gasteiger partial charge in [0.15, 0.2) is 0 Å². The third kappa shape index (κ3) is 5.51. The highest BCUT2D eigenvalue weighted by Gasteiger charge is 2.30. The Bertz CT molecular complexity index is 296. The summed E-state index contributed by atoms with van der Waals surface area (Å²) >= 11 is 0. The Balaban J connectivity index is 1.67. The minimum Gasteiger partial charge on any atom is -0.389 e. The minimum atomic E-state index is -0.418. The molecule has 1 saturated heterocycles. The van der Waals surface area contributed by atoms with Crippen LogP contribution >= 0.6 is 0 Å². The van der Waals surface area contributed by atoms with Gasteiger partial charge in [0.1, 0.15) is 0 Å². The first-order valence-electron chi connectivity index (χ1n) is 8.78. The number of piperidine rings is 1. The summed E-state index contributed by atoms with van der Waals surface area (Å²) in [6.45, 7) is 5.47. The lowest BCUT2D eigenvalue weighted by molar-refractivity contribution is -0.0225. The Hall–Kier alpha value is -0.160. The predicted molar refractivity (Wildman–Crippen MR) is 88.7 cm³/mol. The van der Waals surface area contributed by atoms with Crippen molar-refractivity contribution in [2.45, 2.75) is 56.6 Å². The van der Waals surface area contributed by atoms with Crippen LogP contribution in [0.15, 0.2) is 0 Å². The second-order valence-electron chi connectivity index (χ2n) is 7.54. The van der Waals surface area contributed by atoms with Crippen molar-refractivity contribution in [2.24, 2.45) is 0 Å². The van der Waals surface area contributed by atoms with Gasteiger partial charge in [-0.1, -0.05) is 19.3 Å². The van der Waals surface area contributed by atoms with Gasteiger partial charge in [-0.2, -0.15) is 0 Å². The monoisotopic (exact) mass is 297 g/mol. The van der Waals surface area contributed by atoms with E-state index in [1.54, 1.807) is 0 Å². The van der Waals surface area contributed by atoms with Gasteiger partial charge >= 0.3 is 0 Å². The SMILES string of the molecule is CN1CCC(N(C)CCN(C)CC2(O)CCCCC2)CC1. The molecule has 4 nitrogen and oxygen atoms in total. The summed E-state index contributed by atoms with van der Waals surface area (Å²) in [5.41, 5.74) is -0.418. The Morgan fingerprint density at radius 2 is 1.67 bits per heavy atom. The minimum absolute atomic E-state index is 0.418. The first-order valence-corrected chi connectivity index (χ1v) is 8.78. The van der Waals surface area contributed by atoms with Crippen LogP contribution in [0.5, 0.6) is 0 Å². The molecule has 4 heteroatoms. The highest BCUT2D eigenvalue weighted by atomic mass is 16.3. The van der Waals surface area contributed by atoms with Crippen LogP contribution in [-0.2, 0) is 0 Å². The lowest BCUT2D eigenvalue weighted by atomic mass is 9.84. The fourth-order valence-corrected chi connectivity index (χ4v) is 3.90. The van der Waals surface area contributed by atoms with Gasteiger partial charge in [-0.15, -0.1) is 0 Å². The van der Waals surface area contributed by atoms with Crippen LogP contribution in [0.25, 0.3) is 0 Å². The van der Waals surface area contributed by atoms with Crippen LogP contribution in [0.1, 0.15) is 44.9 Å². The molecule has 0 atom stereocenters. The molecule has 1 aliphatic heterocycles. The van der Waals surface area contributed by atoms with E-state index in [-0.39, 0.29) is 0 Å². The average Bonchev–Trinajstić information content (AvgIpc) is 2.46. The third-order valence-electron chi connectivity index (χ3n) is 5.49. The molecule has 0 aromatic carbocycles. The number of nitrogens with zero attached hydrogens (tertiary/aromatic N) is 3. The van der Waals surface area contributed by atoms with Crippen molar-refractivity contribution in [3.8, 4) is 0 Å². The molecular formula is C17H35N3O. The number of likely N-dealkylation sites (tertiary alicyclic amines) is 1. The Morgan fingerprint density at radius 3 is 2.29 bits per heavy atom. The maximum absolute atomic E-state index is 10.6. The zero-order valence-electron chi connectivity index (χ0n) is 14.4. The van der Waals surface area contributed by atoms with Crippen molar-refractivity contribution in [2.75, 3.05) is 53.9 Å². The summed E-state index contributed by atoms with van der Waals surface area (Å²) in [7, 11) is 6.64. The number of rotatable bonds is 6. The first-order chi connectivity index (χ1) is 9.98. The van der Waals surface area contributed by atoms with Gasteiger partial charge in [-0.05, 0) is 59.9 Å². The fourth-order valence-electron chi connectivity index (χ4n) is 3.90. The van der Waals surface area contributed by atoms with Crippen molar-refractivity contribution in [1.82, 2.24) is 14.7 Å². The highest BCUT2D eigenvalue weighted by Crippen LogP contribution is 2.28. The van der Waals surface area contributed by atoms with Gasteiger partial charge in [0, 0.05) is 25.7 Å². The summed E-state index contributed by atoms with van der Waals surface area (Å²) in [6.07, 6.45) is 8.25. The molecule has 21 heavy (non-hydrogen) atoms. The second kappa shape index (κ2) is 7.91. The van der Waals surface area contributed by atoms with E-state index in [2.05, 4.69) is 35.8 Å². The van der Waals surface area contributed by atoms with Gasteiger partial charge in [0.05, 0.1) is 5.60 Å². The van der Waals surface area contributed by atoms with Gasteiger partial charge in [0.2, 0.25) is 0 Å². The van der Waals surface area contributed by atoms with Crippen LogP contribution < -0.4 is 0 Å². The van der Waals surface area contributed by atoms with Crippen molar-refractivity contribution in [3.05, 3.63) is 0 Å². The molecule has 1 saturated carbocycles. The van der Waals surface area contributed by atoms with Gasteiger partial charge in [-0.3, -0.25) is 0 Å². The van der Waals surface area contributed by atoms with E-state index < -0.39 is 5.60 Å². The van der Waals surface area contributed by atoms with Crippen LogP contribution in [0, 0.1) is 0 Å². The first kappa shape index (κ1) is 17.2. The van der Waals surface area contributed by atoms with Crippen LogP contribution in [-0.4, -0.2) is 85.3 Å². The molecule has 0 aromatic rings. The summed E-state index contributed by atoms with van der Waals surface area (Å²) in [5.74, 6) is 0. The zero-order chi connectivity index (χ0) is 15.3. The lowest BCUT2D eigenvalue weighted by Gasteiger charge is -2.38.